The van der Waals surface area contributed by atoms with E-state index in [0.29, 0.717) is 0 Å². The summed E-state index contributed by atoms with van der Waals surface area (Å²) < 4.78 is 0. The summed E-state index contributed by atoms with van der Waals surface area (Å²) >= 11 is 0. The number of nitrogens with zero attached hydrogens (tertiary/aromatic N) is 2. The summed E-state index contributed by atoms with van der Waals surface area (Å²) in [7, 11) is 0. The molecule has 0 fully saturated rings. The summed E-state index contributed by atoms with van der Waals surface area (Å²) in [6.45, 7) is 41.7. The van der Waals surface area contributed by atoms with Gasteiger partial charge in [0.2, 0.25) is 0 Å². The van der Waals surface area contributed by atoms with Crippen LogP contribution in [0.25, 0.3) is 22.3 Å². The highest BCUT2D eigenvalue weighted by atomic mass is 15.2. The van der Waals surface area contributed by atoms with Gasteiger partial charge in [-0.2, -0.15) is 0 Å². The molecule has 2 aliphatic heterocycles. The summed E-state index contributed by atoms with van der Waals surface area (Å²) in [6.07, 6.45) is 0. The molecule has 2 nitrogen and oxygen atoms in total. The Kier molecular flexibility index (Phi) is 11.0. The molecule has 0 radical (unpaired) electrons. The maximum Gasteiger partial charge on any atom is 0.252 e. The van der Waals surface area contributed by atoms with Crippen LogP contribution in [0.5, 0.6) is 0 Å². The van der Waals surface area contributed by atoms with E-state index in [9.17, 15) is 0 Å². The van der Waals surface area contributed by atoms with Crippen molar-refractivity contribution in [3.63, 3.8) is 0 Å². The summed E-state index contributed by atoms with van der Waals surface area (Å²) in [6, 6.07) is 46.0. The van der Waals surface area contributed by atoms with Gasteiger partial charge >= 0.3 is 0 Å². The van der Waals surface area contributed by atoms with E-state index in [-0.39, 0.29) is 28.4 Å². The van der Waals surface area contributed by atoms with Gasteiger partial charge in [0.15, 0.2) is 0 Å². The molecule has 0 amide bonds. The monoisotopic (exact) mass is 881 g/mol. The van der Waals surface area contributed by atoms with Crippen molar-refractivity contribution in [2.24, 2.45) is 0 Å². The molecule has 0 aromatic heterocycles. The van der Waals surface area contributed by atoms with E-state index in [1.165, 1.54) is 128 Å². The highest BCUT2D eigenvalue weighted by Gasteiger charge is 2.44. The maximum absolute atomic E-state index is 2.61. The van der Waals surface area contributed by atoms with Gasteiger partial charge in [0.05, 0.1) is 0 Å². The SMILES string of the molecule is Cc1cc(C)c(-c2ccc3c(c2)B2c4cc(-c5c(C)cc(C)cc5C)ccc4N(c4cc(C(C)(C)C)cc(C(C)(C)C)c4)c4cccc(c42)N3c2cc(C(C)(C)C)cc(C(C)(C)C)c2)c(C)c1. The summed E-state index contributed by atoms with van der Waals surface area (Å²) in [5, 5.41) is 0. The van der Waals surface area contributed by atoms with E-state index in [4.69, 9.17) is 0 Å². The molecule has 0 N–H and O–H groups in total. The third kappa shape index (κ3) is 8.15. The fraction of sp³-hybridized carbons (Fsp3) is 0.344. The van der Waals surface area contributed by atoms with Gasteiger partial charge in [-0.25, -0.2) is 0 Å². The highest BCUT2D eigenvalue weighted by Crippen LogP contribution is 2.48. The van der Waals surface area contributed by atoms with Gasteiger partial charge in [-0.05, 0) is 195 Å². The lowest BCUT2D eigenvalue weighted by molar-refractivity contribution is 0.568. The van der Waals surface area contributed by atoms with E-state index >= 15 is 0 Å². The third-order valence-corrected chi connectivity index (χ3v) is 14.7. The number of benzene rings is 7. The first-order valence-corrected chi connectivity index (χ1v) is 24.7. The molecule has 0 atom stereocenters. The Hall–Kier alpha value is -5.80. The van der Waals surface area contributed by atoms with Gasteiger partial charge in [0.1, 0.15) is 0 Å². The molecule has 2 heterocycles. The molecule has 9 rings (SSSR count). The van der Waals surface area contributed by atoms with Crippen molar-refractivity contribution < 1.29 is 0 Å². The molecule has 67 heavy (non-hydrogen) atoms. The smallest absolute Gasteiger partial charge is 0.252 e. The zero-order valence-corrected chi connectivity index (χ0v) is 43.9. The minimum atomic E-state index is -0.0428. The van der Waals surface area contributed by atoms with Crippen LogP contribution in [-0.2, 0) is 21.7 Å². The average Bonchev–Trinajstić information content (AvgIpc) is 3.21. The zero-order chi connectivity index (χ0) is 48.4. The largest absolute Gasteiger partial charge is 0.311 e. The predicted octanol–water partition coefficient (Wildman–Crippen LogP) is 16.1. The minimum Gasteiger partial charge on any atom is -0.311 e. The predicted molar refractivity (Wildman–Crippen MR) is 295 cm³/mol. The zero-order valence-electron chi connectivity index (χ0n) is 43.9. The van der Waals surface area contributed by atoms with Gasteiger partial charge in [-0.15, -0.1) is 0 Å². The van der Waals surface area contributed by atoms with Crippen LogP contribution in [0.2, 0.25) is 0 Å². The van der Waals surface area contributed by atoms with Crippen LogP contribution in [0.1, 0.15) is 139 Å². The van der Waals surface area contributed by atoms with Gasteiger partial charge in [-0.3, -0.25) is 0 Å². The lowest BCUT2D eigenvalue weighted by atomic mass is 9.33. The van der Waals surface area contributed by atoms with E-state index in [0.717, 1.165) is 0 Å². The Morgan fingerprint density at radius 1 is 0.343 bits per heavy atom. The van der Waals surface area contributed by atoms with Crippen LogP contribution in [0.15, 0.2) is 115 Å². The molecule has 3 heteroatoms. The molecule has 0 bridgehead atoms. The normalized spacial score (nSPS) is 13.7. The molecular formula is C64H73BN2. The van der Waals surface area contributed by atoms with Crippen LogP contribution in [-0.4, -0.2) is 6.71 Å². The van der Waals surface area contributed by atoms with Crippen molar-refractivity contribution in [3.05, 3.63) is 171 Å². The fourth-order valence-electron chi connectivity index (χ4n) is 11.3. The van der Waals surface area contributed by atoms with Crippen molar-refractivity contribution >= 4 is 57.2 Å². The molecular weight excluding hydrogens is 808 g/mol. The average molecular weight is 881 g/mol. The molecule has 7 aromatic rings. The molecule has 0 aliphatic carbocycles. The minimum absolute atomic E-state index is 0.0264. The first-order valence-electron chi connectivity index (χ1n) is 24.7. The third-order valence-electron chi connectivity index (χ3n) is 14.7. The van der Waals surface area contributed by atoms with Gasteiger partial charge < -0.3 is 9.80 Å². The van der Waals surface area contributed by atoms with Crippen LogP contribution in [0, 0.1) is 41.5 Å². The summed E-state index contributed by atoms with van der Waals surface area (Å²) in [4.78, 5) is 5.22. The van der Waals surface area contributed by atoms with Gasteiger partial charge in [0, 0.05) is 34.1 Å². The quantitative estimate of drug-likeness (QED) is 0.163. The lowest BCUT2D eigenvalue weighted by Crippen LogP contribution is -2.61. The molecule has 342 valence electrons. The van der Waals surface area contributed by atoms with E-state index in [1.807, 2.05) is 0 Å². The Bertz CT molecular complexity index is 2820. The second-order valence-corrected chi connectivity index (χ2v) is 24.4. The standard InChI is InChI=1S/C64H73BN2/c1-38-26-40(3)58(41(4)27-38)44-22-24-54-52(30-44)65-53-31-45(59-42(5)28-39(2)29-43(59)6)23-25-55(53)67(51-36-48(63(13,14)15)33-49(37-51)64(16,17)18)57-21-19-20-56(60(57)65)66(54)50-34-46(61(7,8)9)32-47(35-50)62(10,11)12/h19-37H,1-18H3. The number of rotatable bonds is 4. The maximum atomic E-state index is 2.61. The molecule has 0 saturated carbocycles. The fourth-order valence-corrected chi connectivity index (χ4v) is 11.3. The Morgan fingerprint density at radius 3 is 0.955 bits per heavy atom. The van der Waals surface area contributed by atoms with Crippen molar-refractivity contribution in [3.8, 4) is 22.3 Å². The van der Waals surface area contributed by atoms with Crippen LogP contribution >= 0.6 is 0 Å². The van der Waals surface area contributed by atoms with Crippen molar-refractivity contribution in [1.82, 2.24) is 0 Å². The second-order valence-electron chi connectivity index (χ2n) is 24.4. The van der Waals surface area contributed by atoms with E-state index in [2.05, 4.69) is 250 Å². The van der Waals surface area contributed by atoms with Gasteiger partial charge in [0.25, 0.3) is 6.71 Å². The Balaban J connectivity index is 1.43. The van der Waals surface area contributed by atoms with Crippen LogP contribution in [0.3, 0.4) is 0 Å². The van der Waals surface area contributed by atoms with Crippen molar-refractivity contribution in [2.45, 2.75) is 146 Å². The molecule has 0 spiro atoms. The summed E-state index contributed by atoms with van der Waals surface area (Å²) in [5.74, 6) is 0. The number of hydrogen-bond donors (Lipinski definition) is 0. The number of aryl methyl sites for hydroxylation is 6. The lowest BCUT2D eigenvalue weighted by Gasteiger charge is -2.45. The topological polar surface area (TPSA) is 6.48 Å². The van der Waals surface area contributed by atoms with Crippen molar-refractivity contribution in [2.75, 3.05) is 9.80 Å². The van der Waals surface area contributed by atoms with Crippen LogP contribution in [0.4, 0.5) is 34.1 Å². The molecule has 2 aliphatic rings. The second kappa shape index (κ2) is 15.9. The number of fused-ring (bicyclic) bond motifs is 4. The van der Waals surface area contributed by atoms with E-state index < -0.39 is 0 Å². The van der Waals surface area contributed by atoms with Crippen molar-refractivity contribution in [1.29, 1.82) is 0 Å². The first-order chi connectivity index (χ1) is 31.2. The molecule has 7 aromatic carbocycles. The Morgan fingerprint density at radius 2 is 0.657 bits per heavy atom. The number of anilines is 6. The summed E-state index contributed by atoms with van der Waals surface area (Å²) in [5.41, 5.74) is 29.7. The Labute approximate surface area is 404 Å². The highest BCUT2D eigenvalue weighted by molar-refractivity contribution is 7.00. The molecule has 0 unspecified atom stereocenters. The van der Waals surface area contributed by atoms with E-state index in [1.54, 1.807) is 0 Å². The number of hydrogen-bond acceptors (Lipinski definition) is 2. The molecule has 0 saturated heterocycles. The first kappa shape index (κ1) is 46.3. The van der Waals surface area contributed by atoms with Gasteiger partial charge in [-0.1, -0.05) is 161 Å². The van der Waals surface area contributed by atoms with Crippen LogP contribution < -0.4 is 26.2 Å².